The molecule has 1 aromatic rings. The van der Waals surface area contributed by atoms with E-state index in [0.717, 1.165) is 6.07 Å². The number of hydrogen-bond donors (Lipinski definition) is 2. The topological polar surface area (TPSA) is 89.3 Å². The number of carbonyl (C=O) groups is 1. The number of anilines is 1. The van der Waals surface area contributed by atoms with Crippen LogP contribution in [0.3, 0.4) is 0 Å². The van der Waals surface area contributed by atoms with E-state index in [4.69, 9.17) is 5.14 Å². The van der Waals surface area contributed by atoms with Gasteiger partial charge in [0.15, 0.2) is 0 Å². The third-order valence-electron chi connectivity index (χ3n) is 1.63. The normalized spacial score (nSPS) is 11.5. The number of carbonyl (C=O) groups excluding carboxylic acids is 1. The number of halogens is 2. The molecule has 0 heterocycles. The fourth-order valence-corrected chi connectivity index (χ4v) is 1.51. The van der Waals surface area contributed by atoms with Crippen molar-refractivity contribution in [3.63, 3.8) is 0 Å². The maximum absolute atomic E-state index is 11.9. The zero-order valence-corrected chi connectivity index (χ0v) is 8.67. The van der Waals surface area contributed by atoms with Gasteiger partial charge < -0.3 is 5.32 Å². The molecule has 0 atom stereocenters. The van der Waals surface area contributed by atoms with Gasteiger partial charge in [0.1, 0.15) is 0 Å². The van der Waals surface area contributed by atoms with E-state index in [1.54, 1.807) is 0 Å². The zero-order valence-electron chi connectivity index (χ0n) is 7.85. The first-order valence-electron chi connectivity index (χ1n) is 4.02. The van der Waals surface area contributed by atoms with Crippen molar-refractivity contribution < 1.29 is 22.0 Å². The van der Waals surface area contributed by atoms with Gasteiger partial charge in [0.25, 0.3) is 5.91 Å². The summed E-state index contributed by atoms with van der Waals surface area (Å²) in [5.74, 6) is -1.51. The van der Waals surface area contributed by atoms with Crippen LogP contribution >= 0.6 is 0 Å². The van der Waals surface area contributed by atoms with E-state index in [1.807, 2.05) is 5.32 Å². The number of nitrogens with one attached hydrogen (secondary N) is 1. The van der Waals surface area contributed by atoms with E-state index in [9.17, 15) is 22.0 Å². The van der Waals surface area contributed by atoms with Crippen molar-refractivity contribution in [3.8, 4) is 0 Å². The molecule has 16 heavy (non-hydrogen) atoms. The Morgan fingerprint density at radius 3 is 2.50 bits per heavy atom. The molecular weight excluding hydrogens is 242 g/mol. The molecule has 0 bridgehead atoms. The van der Waals surface area contributed by atoms with Gasteiger partial charge in [-0.05, 0) is 18.2 Å². The lowest BCUT2D eigenvalue weighted by Gasteiger charge is -2.05. The fraction of sp³-hybridized carbons (Fsp3) is 0.125. The zero-order chi connectivity index (χ0) is 12.3. The lowest BCUT2D eigenvalue weighted by molar-refractivity contribution is -0.126. The van der Waals surface area contributed by atoms with Crippen molar-refractivity contribution in [2.45, 2.75) is 11.3 Å². The molecule has 88 valence electrons. The maximum atomic E-state index is 11.9. The Morgan fingerprint density at radius 1 is 1.38 bits per heavy atom. The minimum Gasteiger partial charge on any atom is -0.321 e. The monoisotopic (exact) mass is 250 g/mol. The number of primary sulfonamides is 1. The van der Waals surface area contributed by atoms with Crippen LogP contribution in [0.25, 0.3) is 0 Å². The van der Waals surface area contributed by atoms with Crippen LogP contribution in [-0.2, 0) is 14.8 Å². The minimum atomic E-state index is -3.92. The van der Waals surface area contributed by atoms with Gasteiger partial charge >= 0.3 is 6.43 Å². The number of benzene rings is 1. The molecule has 1 amide bonds. The molecule has 0 aliphatic rings. The van der Waals surface area contributed by atoms with Crippen LogP contribution in [0.1, 0.15) is 0 Å². The van der Waals surface area contributed by atoms with Gasteiger partial charge in [-0.3, -0.25) is 4.79 Å². The molecule has 0 saturated carbocycles. The van der Waals surface area contributed by atoms with E-state index in [0.29, 0.717) is 0 Å². The number of amides is 1. The average molecular weight is 250 g/mol. The van der Waals surface area contributed by atoms with Crippen molar-refractivity contribution in [1.29, 1.82) is 0 Å². The molecule has 0 radical (unpaired) electrons. The van der Waals surface area contributed by atoms with E-state index >= 15 is 0 Å². The number of hydrogen-bond acceptors (Lipinski definition) is 3. The van der Waals surface area contributed by atoms with Crippen LogP contribution in [0.5, 0.6) is 0 Å². The summed E-state index contributed by atoms with van der Waals surface area (Å²) in [6.07, 6.45) is -3.17. The molecule has 1 aromatic carbocycles. The Bertz CT molecular complexity index is 502. The van der Waals surface area contributed by atoms with Gasteiger partial charge in [-0.25, -0.2) is 13.6 Å². The van der Waals surface area contributed by atoms with E-state index in [1.165, 1.54) is 18.2 Å². The number of nitrogens with two attached hydrogens (primary N) is 1. The first-order valence-corrected chi connectivity index (χ1v) is 5.57. The third kappa shape index (κ3) is 3.24. The summed E-state index contributed by atoms with van der Waals surface area (Å²) in [4.78, 5) is 10.4. The third-order valence-corrected chi connectivity index (χ3v) is 2.54. The largest absolute Gasteiger partial charge is 0.321 e. The Balaban J connectivity index is 2.96. The number of rotatable bonds is 3. The van der Waals surface area contributed by atoms with Crippen LogP contribution in [0.2, 0.25) is 0 Å². The molecule has 1 rings (SSSR count). The van der Waals surface area contributed by atoms with Gasteiger partial charge in [0.05, 0.1) is 4.90 Å². The number of alkyl halides is 2. The van der Waals surface area contributed by atoms with Gasteiger partial charge in [-0.2, -0.15) is 8.78 Å². The van der Waals surface area contributed by atoms with Crippen LogP contribution in [0.15, 0.2) is 29.2 Å². The second-order valence-corrected chi connectivity index (χ2v) is 4.42. The van der Waals surface area contributed by atoms with Gasteiger partial charge in [-0.1, -0.05) is 6.07 Å². The molecule has 0 aromatic heterocycles. The van der Waals surface area contributed by atoms with Crippen LogP contribution in [0.4, 0.5) is 14.5 Å². The molecular formula is C8H8F2N2O3S. The van der Waals surface area contributed by atoms with Crippen LogP contribution < -0.4 is 10.5 Å². The predicted molar refractivity (Wildman–Crippen MR) is 52.4 cm³/mol. The summed E-state index contributed by atoms with van der Waals surface area (Å²) in [5.41, 5.74) is -0.0585. The van der Waals surface area contributed by atoms with Crippen molar-refractivity contribution >= 4 is 21.6 Å². The summed E-state index contributed by atoms with van der Waals surface area (Å²) in [6.45, 7) is 0. The second-order valence-electron chi connectivity index (χ2n) is 2.86. The molecule has 0 unspecified atom stereocenters. The highest BCUT2D eigenvalue weighted by atomic mass is 32.2. The first-order chi connectivity index (χ1) is 7.30. The molecule has 5 nitrogen and oxygen atoms in total. The molecule has 3 N–H and O–H groups in total. The van der Waals surface area contributed by atoms with Crippen molar-refractivity contribution in [1.82, 2.24) is 0 Å². The van der Waals surface area contributed by atoms with E-state index < -0.39 is 22.4 Å². The minimum absolute atomic E-state index is 0.0585. The van der Waals surface area contributed by atoms with Gasteiger partial charge in [0, 0.05) is 5.69 Å². The maximum Gasteiger partial charge on any atom is 0.315 e. The highest BCUT2D eigenvalue weighted by Gasteiger charge is 2.16. The fourth-order valence-electron chi connectivity index (χ4n) is 0.948. The average Bonchev–Trinajstić information content (AvgIpc) is 2.16. The standard InChI is InChI=1S/C8H8F2N2O3S/c9-7(10)8(13)12-5-2-1-3-6(4-5)16(11,14)15/h1-4,7H,(H,12,13)(H2,11,14,15). The SMILES string of the molecule is NS(=O)(=O)c1cccc(NC(=O)C(F)F)c1. The summed E-state index contributed by atoms with van der Waals surface area (Å²) in [7, 11) is -3.92. The lowest BCUT2D eigenvalue weighted by atomic mass is 10.3. The summed E-state index contributed by atoms with van der Waals surface area (Å²) in [6, 6.07) is 4.73. The molecule has 0 saturated heterocycles. The van der Waals surface area contributed by atoms with E-state index in [2.05, 4.69) is 0 Å². The van der Waals surface area contributed by atoms with Crippen molar-refractivity contribution in [3.05, 3.63) is 24.3 Å². The molecule has 0 spiro atoms. The lowest BCUT2D eigenvalue weighted by Crippen LogP contribution is -2.20. The van der Waals surface area contributed by atoms with E-state index in [-0.39, 0.29) is 10.6 Å². The van der Waals surface area contributed by atoms with Crippen LogP contribution in [-0.4, -0.2) is 20.8 Å². The Labute approximate surface area is 90.3 Å². The molecule has 0 aliphatic heterocycles. The smallest absolute Gasteiger partial charge is 0.315 e. The quantitative estimate of drug-likeness (QED) is 0.820. The van der Waals surface area contributed by atoms with Crippen molar-refractivity contribution in [2.24, 2.45) is 5.14 Å². The predicted octanol–water partition coefficient (Wildman–Crippen LogP) is 0.538. The van der Waals surface area contributed by atoms with Gasteiger partial charge in [0.2, 0.25) is 10.0 Å². The summed E-state index contributed by atoms with van der Waals surface area (Å²) >= 11 is 0. The summed E-state index contributed by atoms with van der Waals surface area (Å²) in [5, 5.41) is 6.67. The highest BCUT2D eigenvalue weighted by molar-refractivity contribution is 7.89. The van der Waals surface area contributed by atoms with Crippen molar-refractivity contribution in [2.75, 3.05) is 5.32 Å². The molecule has 0 aliphatic carbocycles. The Hall–Kier alpha value is -1.54. The van der Waals surface area contributed by atoms with Crippen LogP contribution in [0, 0.1) is 0 Å². The molecule has 0 fully saturated rings. The first kappa shape index (κ1) is 12.5. The number of sulfonamides is 1. The Morgan fingerprint density at radius 2 is 2.00 bits per heavy atom. The molecule has 8 heteroatoms. The summed E-state index contributed by atoms with van der Waals surface area (Å²) < 4.78 is 45.6. The van der Waals surface area contributed by atoms with Gasteiger partial charge in [-0.15, -0.1) is 0 Å². The Kier molecular flexibility index (Phi) is 3.55. The highest BCUT2D eigenvalue weighted by Crippen LogP contribution is 2.14. The second kappa shape index (κ2) is 4.54.